The van der Waals surface area contributed by atoms with Gasteiger partial charge in [-0.05, 0) is 48.6 Å². The first-order chi connectivity index (χ1) is 13.0. The molecule has 1 aliphatic heterocycles. The number of fused-ring (bicyclic) bond motifs is 1. The average Bonchev–Trinajstić information content (AvgIpc) is 2.65. The van der Waals surface area contributed by atoms with Crippen molar-refractivity contribution in [2.24, 2.45) is 5.92 Å². The van der Waals surface area contributed by atoms with Crippen molar-refractivity contribution in [3.05, 3.63) is 59.2 Å². The van der Waals surface area contributed by atoms with Gasteiger partial charge in [-0.15, -0.1) is 0 Å². The summed E-state index contributed by atoms with van der Waals surface area (Å²) < 4.78 is 11.3. The highest BCUT2D eigenvalue weighted by molar-refractivity contribution is 5.75. The largest absolute Gasteiger partial charge is 0.486 e. The first kappa shape index (κ1) is 19.1. The van der Waals surface area contributed by atoms with Crippen molar-refractivity contribution < 1.29 is 14.3 Å². The minimum atomic E-state index is -0.181. The molecule has 2 aromatic rings. The molecule has 27 heavy (non-hydrogen) atoms. The molecule has 0 saturated heterocycles. The first-order valence-electron chi connectivity index (χ1n) is 9.48. The van der Waals surface area contributed by atoms with Crippen molar-refractivity contribution in [1.29, 1.82) is 0 Å². The number of carbonyl (C=O) groups is 1. The van der Waals surface area contributed by atoms with Gasteiger partial charge in [-0.1, -0.05) is 44.2 Å². The van der Waals surface area contributed by atoms with Crippen molar-refractivity contribution in [3.63, 3.8) is 0 Å². The number of urea groups is 1. The summed E-state index contributed by atoms with van der Waals surface area (Å²) in [6, 6.07) is 13.6. The van der Waals surface area contributed by atoms with Crippen LogP contribution in [0.3, 0.4) is 0 Å². The zero-order valence-corrected chi connectivity index (χ0v) is 16.4. The highest BCUT2D eigenvalue weighted by Crippen LogP contribution is 2.34. The molecule has 2 aromatic carbocycles. The van der Waals surface area contributed by atoms with Crippen LogP contribution in [-0.2, 0) is 0 Å². The fourth-order valence-corrected chi connectivity index (χ4v) is 3.42. The number of hydrogen-bond donors (Lipinski definition) is 2. The lowest BCUT2D eigenvalue weighted by Crippen LogP contribution is -2.41. The molecule has 3 rings (SSSR count). The van der Waals surface area contributed by atoms with Gasteiger partial charge in [0.2, 0.25) is 0 Å². The maximum atomic E-state index is 12.6. The third kappa shape index (κ3) is 4.54. The second-order valence-electron chi connectivity index (χ2n) is 7.32. The highest BCUT2D eigenvalue weighted by Gasteiger charge is 2.22. The maximum Gasteiger partial charge on any atom is 0.315 e. The van der Waals surface area contributed by atoms with Crippen LogP contribution >= 0.6 is 0 Å². The molecule has 2 unspecified atom stereocenters. The minimum absolute atomic E-state index is 0.0701. The van der Waals surface area contributed by atoms with Gasteiger partial charge >= 0.3 is 6.03 Å². The van der Waals surface area contributed by atoms with Gasteiger partial charge in [0.1, 0.15) is 13.2 Å². The van der Waals surface area contributed by atoms with Gasteiger partial charge in [-0.2, -0.15) is 0 Å². The Morgan fingerprint density at radius 3 is 2.37 bits per heavy atom. The molecular formula is C22H28N2O3. The van der Waals surface area contributed by atoms with Gasteiger partial charge in [0.25, 0.3) is 0 Å². The Morgan fingerprint density at radius 1 is 0.963 bits per heavy atom. The summed E-state index contributed by atoms with van der Waals surface area (Å²) in [5.41, 5.74) is 3.29. The molecule has 0 aliphatic carbocycles. The van der Waals surface area contributed by atoms with Crippen LogP contribution in [0.4, 0.5) is 4.79 Å². The van der Waals surface area contributed by atoms with Gasteiger partial charge in [0, 0.05) is 0 Å². The van der Waals surface area contributed by atoms with Gasteiger partial charge in [0.15, 0.2) is 11.5 Å². The standard InChI is InChI=1S/C22H28N2O3/c1-14(2)21(17-9-10-19-20(13-17)27-12-11-26-19)24-22(25)23-16(4)18-8-6-5-7-15(18)3/h5-10,13-14,16,21H,11-12H2,1-4H3,(H2,23,24,25). The zero-order chi connectivity index (χ0) is 19.4. The van der Waals surface area contributed by atoms with Crippen LogP contribution in [0.2, 0.25) is 0 Å². The third-order valence-electron chi connectivity index (χ3n) is 4.88. The molecule has 0 fully saturated rings. The lowest BCUT2D eigenvalue weighted by atomic mass is 9.95. The quantitative estimate of drug-likeness (QED) is 0.815. The van der Waals surface area contributed by atoms with E-state index in [-0.39, 0.29) is 24.0 Å². The van der Waals surface area contributed by atoms with E-state index < -0.39 is 0 Å². The monoisotopic (exact) mass is 368 g/mol. The SMILES string of the molecule is Cc1ccccc1C(C)NC(=O)NC(c1ccc2c(c1)OCCO2)C(C)C. The van der Waals surface area contributed by atoms with Crippen LogP contribution in [0.15, 0.2) is 42.5 Å². The molecule has 0 spiro atoms. The molecule has 2 atom stereocenters. The molecule has 0 radical (unpaired) electrons. The number of ether oxygens (including phenoxy) is 2. The molecule has 2 N–H and O–H groups in total. The molecular weight excluding hydrogens is 340 g/mol. The number of hydrogen-bond acceptors (Lipinski definition) is 3. The second kappa shape index (κ2) is 8.33. The Bertz CT molecular complexity index is 804. The second-order valence-corrected chi connectivity index (χ2v) is 7.32. The molecule has 1 heterocycles. The molecule has 0 bridgehead atoms. The molecule has 144 valence electrons. The zero-order valence-electron chi connectivity index (χ0n) is 16.4. The van der Waals surface area contributed by atoms with Crippen molar-refractivity contribution >= 4 is 6.03 Å². The molecule has 1 aliphatic rings. The lowest BCUT2D eigenvalue weighted by molar-refractivity contribution is 0.171. The Morgan fingerprint density at radius 2 is 1.67 bits per heavy atom. The number of carbonyl (C=O) groups excluding carboxylic acids is 1. The van der Waals surface area contributed by atoms with Crippen molar-refractivity contribution in [1.82, 2.24) is 10.6 Å². The fraction of sp³-hybridized carbons (Fsp3) is 0.409. The van der Waals surface area contributed by atoms with Gasteiger partial charge in [0.05, 0.1) is 12.1 Å². The maximum absolute atomic E-state index is 12.6. The van der Waals surface area contributed by atoms with E-state index in [0.717, 1.165) is 28.2 Å². The van der Waals surface area contributed by atoms with Crippen LogP contribution in [0, 0.1) is 12.8 Å². The summed E-state index contributed by atoms with van der Waals surface area (Å²) in [6.45, 7) is 9.34. The molecule has 5 nitrogen and oxygen atoms in total. The van der Waals surface area contributed by atoms with E-state index in [1.807, 2.05) is 43.3 Å². The molecule has 0 saturated carbocycles. The summed E-state index contributed by atoms with van der Waals surface area (Å²) in [4.78, 5) is 12.6. The van der Waals surface area contributed by atoms with Crippen LogP contribution in [-0.4, -0.2) is 19.2 Å². The predicted octanol–water partition coefficient (Wildman–Crippen LogP) is 4.52. The van der Waals surface area contributed by atoms with E-state index in [1.165, 1.54) is 0 Å². The molecule has 5 heteroatoms. The number of nitrogens with one attached hydrogen (secondary N) is 2. The van der Waals surface area contributed by atoms with Crippen LogP contribution in [0.1, 0.15) is 49.5 Å². The summed E-state index contributed by atoms with van der Waals surface area (Å²) in [7, 11) is 0. The normalized spacial score (nSPS) is 15.1. The molecule has 2 amide bonds. The predicted molar refractivity (Wildman–Crippen MR) is 106 cm³/mol. The number of amides is 2. The van der Waals surface area contributed by atoms with Crippen LogP contribution in [0.25, 0.3) is 0 Å². The number of aryl methyl sites for hydroxylation is 1. The van der Waals surface area contributed by atoms with E-state index in [2.05, 4.69) is 37.5 Å². The first-order valence-corrected chi connectivity index (χ1v) is 9.48. The third-order valence-corrected chi connectivity index (χ3v) is 4.88. The Labute approximate surface area is 161 Å². The minimum Gasteiger partial charge on any atom is -0.486 e. The lowest BCUT2D eigenvalue weighted by Gasteiger charge is -2.26. The van der Waals surface area contributed by atoms with E-state index in [1.54, 1.807) is 0 Å². The van der Waals surface area contributed by atoms with Gasteiger partial charge < -0.3 is 20.1 Å². The van der Waals surface area contributed by atoms with Crippen LogP contribution in [0.5, 0.6) is 11.5 Å². The number of benzene rings is 2. The van der Waals surface area contributed by atoms with Crippen molar-refractivity contribution in [2.45, 2.75) is 39.8 Å². The van der Waals surface area contributed by atoms with Crippen molar-refractivity contribution in [3.8, 4) is 11.5 Å². The van der Waals surface area contributed by atoms with Gasteiger partial charge in [-0.25, -0.2) is 4.79 Å². The Hall–Kier alpha value is -2.69. The van der Waals surface area contributed by atoms with Crippen molar-refractivity contribution in [2.75, 3.05) is 13.2 Å². The highest BCUT2D eigenvalue weighted by atomic mass is 16.6. The summed E-state index contributed by atoms with van der Waals surface area (Å²) >= 11 is 0. The van der Waals surface area contributed by atoms with E-state index in [0.29, 0.717) is 13.2 Å². The Kier molecular flexibility index (Phi) is 5.89. The fourth-order valence-electron chi connectivity index (χ4n) is 3.42. The van der Waals surface area contributed by atoms with E-state index in [9.17, 15) is 4.79 Å². The number of rotatable bonds is 5. The smallest absolute Gasteiger partial charge is 0.315 e. The van der Waals surface area contributed by atoms with E-state index >= 15 is 0 Å². The average molecular weight is 368 g/mol. The topological polar surface area (TPSA) is 59.6 Å². The van der Waals surface area contributed by atoms with E-state index in [4.69, 9.17) is 9.47 Å². The van der Waals surface area contributed by atoms with Crippen LogP contribution < -0.4 is 20.1 Å². The van der Waals surface area contributed by atoms with Gasteiger partial charge in [-0.3, -0.25) is 0 Å². The molecule has 0 aromatic heterocycles. The summed E-state index contributed by atoms with van der Waals surface area (Å²) in [5, 5.41) is 6.16. The Balaban J connectivity index is 1.71. The summed E-state index contributed by atoms with van der Waals surface area (Å²) in [5.74, 6) is 1.72. The summed E-state index contributed by atoms with van der Waals surface area (Å²) in [6.07, 6.45) is 0.